The fourth-order valence-corrected chi connectivity index (χ4v) is 5.49. The summed E-state index contributed by atoms with van der Waals surface area (Å²) in [6.45, 7) is -2.73. The fourth-order valence-electron chi connectivity index (χ4n) is 5.49. The Kier molecular flexibility index (Phi) is 13.9. The third-order valence-electron chi connectivity index (χ3n) is 8.31. The zero-order valence-corrected chi connectivity index (χ0v) is 28.9. The molecule has 2 aromatic rings. The van der Waals surface area contributed by atoms with E-state index in [4.69, 9.17) is 42.6 Å². The standard InChI is InChI=1S/C34H42O19/c1-45-18-9-16(10-19(46-2)26(18)39)5-7-24(37)49-15-34(53-33-31(44)30(43)28(41)22(13-35)50-33)32(29(42)23(14-36)52-34)51-25(38)8-6-17-11-20(47-3)27(40)21(12-17)48-4/h5-12,22-23,28-33,35-36,39-44H,13-15H2,1-4H3/b7-5+,8-6+/t22-,23+,28-,29-,30+,31-,32+,33-,34+/m1/s1. The van der Waals surface area contributed by atoms with Gasteiger partial charge in [0, 0.05) is 12.2 Å². The summed E-state index contributed by atoms with van der Waals surface area (Å²) in [7, 11) is 5.21. The summed E-state index contributed by atoms with van der Waals surface area (Å²) in [5.41, 5.74) is 0.634. The molecule has 19 heteroatoms. The molecule has 2 heterocycles. The smallest absolute Gasteiger partial charge is 0.331 e. The molecule has 292 valence electrons. The minimum absolute atomic E-state index is 0.0225. The van der Waals surface area contributed by atoms with E-state index in [1.165, 1.54) is 64.9 Å². The Morgan fingerprint density at radius 1 is 0.698 bits per heavy atom. The van der Waals surface area contributed by atoms with Crippen molar-refractivity contribution in [3.8, 4) is 34.5 Å². The van der Waals surface area contributed by atoms with Gasteiger partial charge in [0.2, 0.25) is 17.3 Å². The predicted octanol–water partition coefficient (Wildman–Crippen LogP) is -1.42. The number of ether oxygens (including phenoxy) is 9. The van der Waals surface area contributed by atoms with Crippen molar-refractivity contribution in [2.75, 3.05) is 48.3 Å². The number of carbonyl (C=O) groups excluding carboxylic acids is 2. The molecule has 2 saturated heterocycles. The van der Waals surface area contributed by atoms with Crippen molar-refractivity contribution in [1.82, 2.24) is 0 Å². The first-order valence-corrected chi connectivity index (χ1v) is 15.8. The molecule has 2 aromatic carbocycles. The second-order valence-corrected chi connectivity index (χ2v) is 11.6. The van der Waals surface area contributed by atoms with Crippen molar-refractivity contribution in [2.45, 2.75) is 54.8 Å². The lowest BCUT2D eigenvalue weighted by Crippen LogP contribution is -2.63. The highest BCUT2D eigenvalue weighted by atomic mass is 16.8. The Hall–Kier alpha value is -4.70. The summed E-state index contributed by atoms with van der Waals surface area (Å²) in [6, 6.07) is 5.53. The van der Waals surface area contributed by atoms with Gasteiger partial charge < -0.3 is 83.5 Å². The molecule has 0 aliphatic carbocycles. The van der Waals surface area contributed by atoms with Gasteiger partial charge in [-0.2, -0.15) is 0 Å². The number of aliphatic hydroxyl groups excluding tert-OH is 6. The molecule has 0 spiro atoms. The first-order chi connectivity index (χ1) is 25.3. The molecular formula is C34H42O19. The maximum atomic E-state index is 13.2. The summed E-state index contributed by atoms with van der Waals surface area (Å²) in [6.07, 6.45) is -10.1. The number of benzene rings is 2. The highest BCUT2D eigenvalue weighted by Crippen LogP contribution is 2.40. The first kappa shape index (κ1) is 41.1. The third-order valence-corrected chi connectivity index (χ3v) is 8.31. The summed E-state index contributed by atoms with van der Waals surface area (Å²) in [5, 5.41) is 82.6. The lowest BCUT2D eigenvalue weighted by Gasteiger charge is -2.43. The Balaban J connectivity index is 1.66. The monoisotopic (exact) mass is 754 g/mol. The van der Waals surface area contributed by atoms with Crippen molar-refractivity contribution in [3.63, 3.8) is 0 Å². The minimum Gasteiger partial charge on any atom is -0.502 e. The Morgan fingerprint density at radius 3 is 1.62 bits per heavy atom. The molecule has 2 aliphatic heterocycles. The Morgan fingerprint density at radius 2 is 1.17 bits per heavy atom. The van der Waals surface area contributed by atoms with Crippen LogP contribution in [0, 0.1) is 0 Å². The van der Waals surface area contributed by atoms with E-state index in [-0.39, 0.29) is 34.5 Å². The minimum atomic E-state index is -2.57. The van der Waals surface area contributed by atoms with Gasteiger partial charge in [-0.1, -0.05) is 0 Å². The van der Waals surface area contributed by atoms with Gasteiger partial charge in [0.15, 0.2) is 35.4 Å². The van der Waals surface area contributed by atoms with Gasteiger partial charge in [-0.05, 0) is 47.5 Å². The van der Waals surface area contributed by atoms with Gasteiger partial charge in [-0.25, -0.2) is 9.59 Å². The summed E-state index contributed by atoms with van der Waals surface area (Å²) >= 11 is 0. The molecule has 0 bridgehead atoms. The van der Waals surface area contributed by atoms with Crippen LogP contribution < -0.4 is 18.9 Å². The van der Waals surface area contributed by atoms with E-state index in [0.717, 1.165) is 12.2 Å². The van der Waals surface area contributed by atoms with E-state index in [1.807, 2.05) is 0 Å². The lowest BCUT2D eigenvalue weighted by molar-refractivity contribution is -0.383. The van der Waals surface area contributed by atoms with Crippen molar-refractivity contribution in [3.05, 3.63) is 47.5 Å². The van der Waals surface area contributed by atoms with Crippen molar-refractivity contribution < 1.29 is 93.1 Å². The highest BCUT2D eigenvalue weighted by molar-refractivity contribution is 5.88. The van der Waals surface area contributed by atoms with Crippen LogP contribution in [0.4, 0.5) is 0 Å². The number of phenols is 2. The van der Waals surface area contributed by atoms with Crippen LogP contribution >= 0.6 is 0 Å². The fraction of sp³-hybridized carbons (Fsp3) is 0.471. The molecule has 9 atom stereocenters. The van der Waals surface area contributed by atoms with Crippen molar-refractivity contribution in [1.29, 1.82) is 0 Å². The number of aromatic hydroxyl groups is 2. The number of esters is 2. The number of phenolic OH excluding ortho intramolecular Hbond substituents is 2. The maximum Gasteiger partial charge on any atom is 0.331 e. The Bertz CT molecular complexity index is 1590. The molecular weight excluding hydrogens is 712 g/mol. The van der Waals surface area contributed by atoms with Crippen LogP contribution in [-0.2, 0) is 33.3 Å². The summed E-state index contributed by atoms with van der Waals surface area (Å²) in [4.78, 5) is 26.2. The lowest BCUT2D eigenvalue weighted by atomic mass is 9.99. The van der Waals surface area contributed by atoms with Gasteiger partial charge in [0.1, 0.15) is 43.2 Å². The first-order valence-electron chi connectivity index (χ1n) is 15.8. The molecule has 19 nitrogen and oxygen atoms in total. The quantitative estimate of drug-likeness (QED) is 0.0765. The van der Waals surface area contributed by atoms with Crippen LogP contribution in [0.1, 0.15) is 11.1 Å². The molecule has 8 N–H and O–H groups in total. The van der Waals surface area contributed by atoms with E-state index in [2.05, 4.69) is 0 Å². The van der Waals surface area contributed by atoms with E-state index >= 15 is 0 Å². The van der Waals surface area contributed by atoms with Gasteiger partial charge in [0.05, 0.1) is 41.7 Å². The number of carbonyl (C=O) groups is 2. The molecule has 0 unspecified atom stereocenters. The number of rotatable bonds is 15. The van der Waals surface area contributed by atoms with Crippen LogP contribution in [-0.4, -0.2) is 156 Å². The number of aliphatic hydroxyl groups is 6. The van der Waals surface area contributed by atoms with E-state index in [1.54, 1.807) is 0 Å². The van der Waals surface area contributed by atoms with Crippen LogP contribution in [0.3, 0.4) is 0 Å². The SMILES string of the molecule is COc1cc(/C=C/C(=O)OC[C@@]2(O[C@H]3O[C@H](CO)[C@@H](O)[C@H](O)[C@H]3O)O[C@@H](CO)[C@@H](O)[C@@H]2OC(=O)/C=C/c2cc(OC)c(O)c(OC)c2)cc(OC)c1O. The molecule has 0 saturated carbocycles. The van der Waals surface area contributed by atoms with Crippen molar-refractivity contribution in [2.24, 2.45) is 0 Å². The average Bonchev–Trinajstić information content (AvgIpc) is 3.42. The van der Waals surface area contributed by atoms with Crippen LogP contribution in [0.15, 0.2) is 36.4 Å². The van der Waals surface area contributed by atoms with Crippen LogP contribution in [0.2, 0.25) is 0 Å². The third kappa shape index (κ3) is 9.10. The molecule has 2 aliphatic rings. The zero-order chi connectivity index (χ0) is 39.0. The van der Waals surface area contributed by atoms with E-state index in [9.17, 15) is 50.4 Å². The van der Waals surface area contributed by atoms with E-state index in [0.29, 0.717) is 11.1 Å². The molecule has 0 amide bonds. The van der Waals surface area contributed by atoms with Gasteiger partial charge in [-0.3, -0.25) is 0 Å². The topological polar surface area (TPSA) is 279 Å². The largest absolute Gasteiger partial charge is 0.502 e. The second kappa shape index (κ2) is 17.9. The molecule has 4 rings (SSSR count). The van der Waals surface area contributed by atoms with Gasteiger partial charge in [0.25, 0.3) is 0 Å². The number of hydrogen-bond donors (Lipinski definition) is 8. The zero-order valence-electron chi connectivity index (χ0n) is 28.9. The normalized spacial score (nSPS) is 28.6. The number of hydrogen-bond acceptors (Lipinski definition) is 19. The summed E-state index contributed by atoms with van der Waals surface area (Å²) < 4.78 is 48.4. The predicted molar refractivity (Wildman–Crippen MR) is 177 cm³/mol. The summed E-state index contributed by atoms with van der Waals surface area (Å²) in [5.74, 6) is -5.21. The highest BCUT2D eigenvalue weighted by Gasteiger charge is 2.61. The Labute approximate surface area is 302 Å². The molecule has 2 fully saturated rings. The molecule has 53 heavy (non-hydrogen) atoms. The molecule has 0 radical (unpaired) electrons. The van der Waals surface area contributed by atoms with Crippen LogP contribution in [0.25, 0.3) is 12.2 Å². The maximum absolute atomic E-state index is 13.2. The average molecular weight is 755 g/mol. The van der Waals surface area contributed by atoms with Crippen LogP contribution in [0.5, 0.6) is 34.5 Å². The van der Waals surface area contributed by atoms with Gasteiger partial charge >= 0.3 is 11.9 Å². The van der Waals surface area contributed by atoms with E-state index < -0.39 is 86.6 Å². The van der Waals surface area contributed by atoms with Gasteiger partial charge in [-0.15, -0.1) is 0 Å². The van der Waals surface area contributed by atoms with Crippen molar-refractivity contribution >= 4 is 24.1 Å². The number of methoxy groups -OCH3 is 4. The second-order valence-electron chi connectivity index (χ2n) is 11.6. The molecule has 0 aromatic heterocycles.